The van der Waals surface area contributed by atoms with Gasteiger partial charge >= 0.3 is 0 Å². The van der Waals surface area contributed by atoms with Gasteiger partial charge in [0, 0.05) is 20.2 Å². The van der Waals surface area contributed by atoms with Gasteiger partial charge in [0.1, 0.15) is 0 Å². The molecule has 0 spiro atoms. The summed E-state index contributed by atoms with van der Waals surface area (Å²) in [6, 6.07) is 6.67. The molecule has 0 N–H and O–H groups in total. The van der Waals surface area contributed by atoms with E-state index in [1.54, 1.807) is 26.2 Å². The summed E-state index contributed by atoms with van der Waals surface area (Å²) >= 11 is 0. The van der Waals surface area contributed by atoms with E-state index in [0.29, 0.717) is 24.2 Å². The van der Waals surface area contributed by atoms with Gasteiger partial charge in [0.25, 0.3) is 0 Å². The van der Waals surface area contributed by atoms with Gasteiger partial charge in [0.15, 0.2) is 0 Å². The molecule has 0 aliphatic carbocycles. The van der Waals surface area contributed by atoms with Crippen LogP contribution in [0.1, 0.15) is 30.9 Å². The molecule has 0 amide bonds. The van der Waals surface area contributed by atoms with E-state index >= 15 is 0 Å². The van der Waals surface area contributed by atoms with Crippen LogP contribution in [-0.4, -0.2) is 38.5 Å². The van der Waals surface area contributed by atoms with Crippen LogP contribution in [0.25, 0.3) is 0 Å². The summed E-state index contributed by atoms with van der Waals surface area (Å²) in [6.07, 6.45) is 1.63. The van der Waals surface area contributed by atoms with Gasteiger partial charge in [-0.3, -0.25) is 0 Å². The molecule has 114 valence electrons. The smallest absolute Gasteiger partial charge is 0.243 e. The number of nitriles is 1. The van der Waals surface area contributed by atoms with Crippen molar-refractivity contribution in [3.05, 3.63) is 29.3 Å². The molecule has 1 aromatic rings. The van der Waals surface area contributed by atoms with Gasteiger partial charge in [-0.15, -0.1) is 0 Å². The number of piperidine rings is 1. The Bertz CT molecular complexity index is 679. The van der Waals surface area contributed by atoms with Crippen molar-refractivity contribution < 1.29 is 13.2 Å². The summed E-state index contributed by atoms with van der Waals surface area (Å²) in [5, 5.41) is 8.93. The highest BCUT2D eigenvalue weighted by molar-refractivity contribution is 7.89. The van der Waals surface area contributed by atoms with Crippen LogP contribution in [0.3, 0.4) is 0 Å². The second kappa shape index (κ2) is 5.76. The summed E-state index contributed by atoms with van der Waals surface area (Å²) in [4.78, 5) is 0.236. The molecule has 1 aliphatic heterocycles. The fourth-order valence-electron chi connectivity index (χ4n) is 2.60. The Kier molecular flexibility index (Phi) is 4.38. The van der Waals surface area contributed by atoms with Crippen molar-refractivity contribution >= 4 is 10.0 Å². The molecule has 0 saturated carbocycles. The Labute approximate surface area is 126 Å². The van der Waals surface area contributed by atoms with Crippen LogP contribution < -0.4 is 0 Å². The molecule has 0 aromatic heterocycles. The zero-order chi connectivity index (χ0) is 15.7. The van der Waals surface area contributed by atoms with Gasteiger partial charge in [-0.1, -0.05) is 0 Å². The minimum atomic E-state index is -3.55. The van der Waals surface area contributed by atoms with Crippen molar-refractivity contribution in [2.75, 3.05) is 20.2 Å². The zero-order valence-electron chi connectivity index (χ0n) is 12.6. The average molecular weight is 308 g/mol. The van der Waals surface area contributed by atoms with Crippen molar-refractivity contribution in [1.82, 2.24) is 4.31 Å². The number of rotatable bonds is 3. The molecule has 1 unspecified atom stereocenters. The lowest BCUT2D eigenvalue weighted by Gasteiger charge is -2.38. The summed E-state index contributed by atoms with van der Waals surface area (Å²) in [5.41, 5.74) is 0.729. The van der Waals surface area contributed by atoms with Crippen molar-refractivity contribution in [2.24, 2.45) is 0 Å². The standard InChI is InChI=1S/C15H20N2O3S/c1-12-9-14(6-5-13(12)10-16)21(18,19)17-8-4-7-15(2,11-17)20-3/h5-6,9H,4,7-8,11H2,1-3H3. The van der Waals surface area contributed by atoms with Crippen LogP contribution in [0.2, 0.25) is 0 Å². The van der Waals surface area contributed by atoms with Gasteiger partial charge in [0.2, 0.25) is 10.0 Å². The number of methoxy groups -OCH3 is 1. The molecule has 21 heavy (non-hydrogen) atoms. The molecule has 6 heteroatoms. The molecule has 1 atom stereocenters. The van der Waals surface area contributed by atoms with E-state index in [0.717, 1.165) is 12.8 Å². The largest absolute Gasteiger partial charge is 0.377 e. The quantitative estimate of drug-likeness (QED) is 0.857. The third-order valence-corrected chi connectivity index (χ3v) is 5.91. The van der Waals surface area contributed by atoms with Crippen molar-refractivity contribution in [2.45, 2.75) is 37.2 Å². The van der Waals surface area contributed by atoms with E-state index in [4.69, 9.17) is 10.00 Å². The molecular formula is C15H20N2O3S. The summed E-state index contributed by atoms with van der Waals surface area (Å²) in [6.45, 7) is 4.52. The van der Waals surface area contributed by atoms with E-state index in [-0.39, 0.29) is 4.90 Å². The molecule has 1 heterocycles. The van der Waals surface area contributed by atoms with E-state index < -0.39 is 15.6 Å². The molecule has 0 radical (unpaired) electrons. The molecule has 5 nitrogen and oxygen atoms in total. The lowest BCUT2D eigenvalue weighted by molar-refractivity contribution is -0.0319. The SMILES string of the molecule is COC1(C)CCCN(S(=O)(=O)c2ccc(C#N)c(C)c2)C1. The van der Waals surface area contributed by atoms with Crippen LogP contribution in [-0.2, 0) is 14.8 Å². The minimum absolute atomic E-state index is 0.236. The third kappa shape index (κ3) is 3.10. The van der Waals surface area contributed by atoms with Gasteiger partial charge < -0.3 is 4.74 Å². The molecule has 0 bridgehead atoms. The highest BCUT2D eigenvalue weighted by Crippen LogP contribution is 2.28. The Morgan fingerprint density at radius 3 is 2.71 bits per heavy atom. The van der Waals surface area contributed by atoms with Gasteiger partial charge in [-0.05, 0) is 50.5 Å². The predicted molar refractivity (Wildman–Crippen MR) is 79.3 cm³/mol. The normalized spacial score (nSPS) is 23.7. The zero-order valence-corrected chi connectivity index (χ0v) is 13.4. The monoisotopic (exact) mass is 308 g/mol. The Morgan fingerprint density at radius 1 is 1.43 bits per heavy atom. The first-order chi connectivity index (χ1) is 9.82. The number of ether oxygens (including phenoxy) is 1. The molecule has 1 aliphatic rings. The van der Waals surface area contributed by atoms with Crippen molar-refractivity contribution in [3.63, 3.8) is 0 Å². The first kappa shape index (κ1) is 16.0. The first-order valence-corrected chi connectivity index (χ1v) is 8.32. The van der Waals surface area contributed by atoms with E-state index in [1.807, 2.05) is 13.0 Å². The third-order valence-electron chi connectivity index (χ3n) is 4.07. The fourth-order valence-corrected chi connectivity index (χ4v) is 4.28. The molecule has 1 aromatic carbocycles. The van der Waals surface area contributed by atoms with Gasteiger partial charge in [0.05, 0.1) is 22.1 Å². The summed E-state index contributed by atoms with van der Waals surface area (Å²) in [5.74, 6) is 0. The highest BCUT2D eigenvalue weighted by Gasteiger charge is 2.37. The van der Waals surface area contributed by atoms with E-state index in [9.17, 15) is 8.42 Å². The van der Waals surface area contributed by atoms with Crippen LogP contribution in [0.15, 0.2) is 23.1 Å². The number of hydrogen-bond acceptors (Lipinski definition) is 4. The van der Waals surface area contributed by atoms with Crippen molar-refractivity contribution in [3.8, 4) is 6.07 Å². The number of sulfonamides is 1. The summed E-state index contributed by atoms with van der Waals surface area (Å²) in [7, 11) is -1.93. The van der Waals surface area contributed by atoms with Crippen LogP contribution in [0.4, 0.5) is 0 Å². The number of aryl methyl sites for hydroxylation is 1. The molecule has 1 saturated heterocycles. The maximum Gasteiger partial charge on any atom is 0.243 e. The van der Waals surface area contributed by atoms with Crippen LogP contribution in [0.5, 0.6) is 0 Å². The number of nitrogens with zero attached hydrogens (tertiary/aromatic N) is 2. The van der Waals surface area contributed by atoms with Gasteiger partial charge in [-0.2, -0.15) is 9.57 Å². The second-order valence-corrected chi connectivity index (χ2v) is 7.62. The Hall–Kier alpha value is -1.42. The second-order valence-electron chi connectivity index (χ2n) is 5.68. The molecule has 2 rings (SSSR count). The first-order valence-electron chi connectivity index (χ1n) is 6.88. The van der Waals surface area contributed by atoms with E-state index in [2.05, 4.69) is 0 Å². The van der Waals surface area contributed by atoms with Crippen molar-refractivity contribution in [1.29, 1.82) is 5.26 Å². The predicted octanol–water partition coefficient (Wildman–Crippen LogP) is 2.06. The highest BCUT2D eigenvalue weighted by atomic mass is 32.2. The number of benzene rings is 1. The molecular weight excluding hydrogens is 288 g/mol. The maximum absolute atomic E-state index is 12.7. The lowest BCUT2D eigenvalue weighted by atomic mass is 9.96. The topological polar surface area (TPSA) is 70.4 Å². The Morgan fingerprint density at radius 2 is 2.14 bits per heavy atom. The fraction of sp³-hybridized carbons (Fsp3) is 0.533. The minimum Gasteiger partial charge on any atom is -0.377 e. The van der Waals surface area contributed by atoms with Crippen LogP contribution in [0, 0.1) is 18.3 Å². The Balaban J connectivity index is 2.34. The molecule has 1 fully saturated rings. The maximum atomic E-state index is 12.7. The lowest BCUT2D eigenvalue weighted by Crippen LogP contribution is -2.49. The number of hydrogen-bond donors (Lipinski definition) is 0. The van der Waals surface area contributed by atoms with Gasteiger partial charge in [-0.25, -0.2) is 8.42 Å². The van der Waals surface area contributed by atoms with Crippen LogP contribution >= 0.6 is 0 Å². The van der Waals surface area contributed by atoms with E-state index in [1.165, 1.54) is 10.4 Å². The summed E-state index contributed by atoms with van der Waals surface area (Å²) < 4.78 is 32.4. The average Bonchev–Trinajstić information content (AvgIpc) is 2.47.